The molecule has 0 radical (unpaired) electrons. The summed E-state index contributed by atoms with van der Waals surface area (Å²) in [5.41, 5.74) is 2.62. The summed E-state index contributed by atoms with van der Waals surface area (Å²) >= 11 is 1.07. The van der Waals surface area contributed by atoms with E-state index in [9.17, 15) is 9.59 Å². The van der Waals surface area contributed by atoms with Gasteiger partial charge in [0.1, 0.15) is 0 Å². The average molecular weight is 395 g/mol. The molecular formula is C21H21N3O3S. The van der Waals surface area contributed by atoms with Crippen LogP contribution in [-0.2, 0) is 11.3 Å². The number of hydrogen-bond donors (Lipinski definition) is 1. The maximum absolute atomic E-state index is 13.0. The van der Waals surface area contributed by atoms with Crippen LogP contribution in [0.2, 0.25) is 0 Å². The van der Waals surface area contributed by atoms with Crippen molar-refractivity contribution in [2.45, 2.75) is 24.5 Å². The number of rotatable bonds is 6. The molecule has 1 fully saturated rings. The van der Waals surface area contributed by atoms with Crippen molar-refractivity contribution >= 4 is 34.3 Å². The van der Waals surface area contributed by atoms with Crippen molar-refractivity contribution in [3.8, 4) is 0 Å². The monoisotopic (exact) mass is 395 g/mol. The Hall–Kier alpha value is -2.80. The summed E-state index contributed by atoms with van der Waals surface area (Å²) in [5.74, 6) is -1.08. The molecule has 1 aliphatic heterocycles. The van der Waals surface area contributed by atoms with E-state index >= 15 is 0 Å². The average Bonchev–Trinajstić information content (AvgIpc) is 3.24. The van der Waals surface area contributed by atoms with E-state index in [0.29, 0.717) is 22.6 Å². The Kier molecular flexibility index (Phi) is 5.34. The highest BCUT2D eigenvalue weighted by Crippen LogP contribution is 2.22. The number of aliphatic carboxylic acids is 1. The zero-order chi connectivity index (χ0) is 19.5. The predicted molar refractivity (Wildman–Crippen MR) is 111 cm³/mol. The van der Waals surface area contributed by atoms with Gasteiger partial charge in [-0.1, -0.05) is 36.0 Å². The Morgan fingerprint density at radius 2 is 1.79 bits per heavy atom. The van der Waals surface area contributed by atoms with E-state index in [4.69, 9.17) is 5.11 Å². The van der Waals surface area contributed by atoms with Gasteiger partial charge in [0.2, 0.25) is 0 Å². The van der Waals surface area contributed by atoms with Crippen LogP contribution < -0.4 is 10.5 Å². The zero-order valence-electron chi connectivity index (χ0n) is 15.4. The molecule has 2 heterocycles. The topological polar surface area (TPSA) is 75.4 Å². The summed E-state index contributed by atoms with van der Waals surface area (Å²) in [6.07, 6.45) is 2.45. The second-order valence-electron chi connectivity index (χ2n) is 6.85. The molecule has 4 rings (SSSR count). The lowest BCUT2D eigenvalue weighted by molar-refractivity contribution is -0.133. The van der Waals surface area contributed by atoms with E-state index in [-0.39, 0.29) is 11.3 Å². The number of carboxylic acids is 1. The van der Waals surface area contributed by atoms with Crippen molar-refractivity contribution in [2.75, 3.05) is 23.7 Å². The summed E-state index contributed by atoms with van der Waals surface area (Å²) in [4.78, 5) is 30.9. The number of hydrogen-bond acceptors (Lipinski definition) is 5. The molecule has 1 N–H and O–H groups in total. The Bertz CT molecular complexity index is 1060. The zero-order valence-corrected chi connectivity index (χ0v) is 16.2. The third-order valence-corrected chi connectivity index (χ3v) is 5.86. The molecule has 0 bridgehead atoms. The van der Waals surface area contributed by atoms with Crippen LogP contribution in [0, 0.1) is 0 Å². The highest BCUT2D eigenvalue weighted by Gasteiger charge is 2.15. The minimum absolute atomic E-state index is 0.140. The molecule has 2 aromatic carbocycles. The smallest absolute Gasteiger partial charge is 0.313 e. The maximum Gasteiger partial charge on any atom is 0.313 e. The molecule has 0 aliphatic carbocycles. The predicted octanol–water partition coefficient (Wildman–Crippen LogP) is 3.22. The number of nitrogens with zero attached hydrogens (tertiary/aromatic N) is 3. The SMILES string of the molecule is O=C(O)CSc1nc2ccccc2c(=O)n1Cc1ccc(N2CCCC2)cc1. The van der Waals surface area contributed by atoms with Gasteiger partial charge >= 0.3 is 5.97 Å². The Morgan fingerprint density at radius 3 is 2.50 bits per heavy atom. The molecule has 1 aromatic heterocycles. The first-order chi connectivity index (χ1) is 13.6. The molecule has 6 nitrogen and oxygen atoms in total. The molecule has 1 saturated heterocycles. The number of anilines is 1. The van der Waals surface area contributed by atoms with Gasteiger partial charge in [0, 0.05) is 18.8 Å². The summed E-state index contributed by atoms with van der Waals surface area (Å²) in [7, 11) is 0. The van der Waals surface area contributed by atoms with Crippen LogP contribution in [0.4, 0.5) is 5.69 Å². The summed E-state index contributed by atoms with van der Waals surface area (Å²) in [6.45, 7) is 2.53. The first kappa shape index (κ1) is 18.6. The van der Waals surface area contributed by atoms with Crippen LogP contribution in [0.15, 0.2) is 58.5 Å². The Balaban J connectivity index is 1.67. The van der Waals surface area contributed by atoms with Crippen LogP contribution in [0.5, 0.6) is 0 Å². The Morgan fingerprint density at radius 1 is 1.07 bits per heavy atom. The lowest BCUT2D eigenvalue weighted by Crippen LogP contribution is -2.24. The van der Waals surface area contributed by atoms with E-state index in [0.717, 1.165) is 30.4 Å². The largest absolute Gasteiger partial charge is 0.481 e. The van der Waals surface area contributed by atoms with Crippen molar-refractivity contribution in [1.82, 2.24) is 9.55 Å². The highest BCUT2D eigenvalue weighted by molar-refractivity contribution is 7.99. The number of para-hydroxylation sites is 1. The number of carboxylic acid groups (broad SMARTS) is 1. The van der Waals surface area contributed by atoms with Crippen LogP contribution in [0.1, 0.15) is 18.4 Å². The summed E-state index contributed by atoms with van der Waals surface area (Å²) in [6, 6.07) is 15.4. The third-order valence-electron chi connectivity index (χ3n) is 4.90. The third kappa shape index (κ3) is 3.89. The number of aromatic nitrogens is 2. The summed E-state index contributed by atoms with van der Waals surface area (Å²) < 4.78 is 1.57. The second kappa shape index (κ2) is 8.06. The molecule has 0 atom stereocenters. The van der Waals surface area contributed by atoms with Gasteiger partial charge in [-0.05, 0) is 42.7 Å². The highest BCUT2D eigenvalue weighted by atomic mass is 32.2. The van der Waals surface area contributed by atoms with Crippen LogP contribution in [-0.4, -0.2) is 39.5 Å². The minimum atomic E-state index is -0.936. The molecule has 3 aromatic rings. The van der Waals surface area contributed by atoms with E-state index in [1.807, 2.05) is 24.3 Å². The van der Waals surface area contributed by atoms with E-state index in [1.165, 1.54) is 18.5 Å². The lowest BCUT2D eigenvalue weighted by atomic mass is 10.2. The quantitative estimate of drug-likeness (QED) is 0.510. The van der Waals surface area contributed by atoms with E-state index in [2.05, 4.69) is 22.0 Å². The van der Waals surface area contributed by atoms with Gasteiger partial charge in [0.05, 0.1) is 23.2 Å². The van der Waals surface area contributed by atoms with E-state index < -0.39 is 5.97 Å². The maximum atomic E-state index is 13.0. The van der Waals surface area contributed by atoms with Crippen molar-refractivity contribution < 1.29 is 9.90 Å². The van der Waals surface area contributed by atoms with Gasteiger partial charge in [0.15, 0.2) is 5.16 Å². The number of benzene rings is 2. The van der Waals surface area contributed by atoms with Crippen molar-refractivity contribution in [3.05, 3.63) is 64.4 Å². The molecule has 144 valence electrons. The second-order valence-corrected chi connectivity index (χ2v) is 7.79. The van der Waals surface area contributed by atoms with Crippen LogP contribution in [0.25, 0.3) is 10.9 Å². The van der Waals surface area contributed by atoms with Gasteiger partial charge in [-0.25, -0.2) is 4.98 Å². The molecule has 28 heavy (non-hydrogen) atoms. The van der Waals surface area contributed by atoms with Crippen LogP contribution >= 0.6 is 11.8 Å². The van der Waals surface area contributed by atoms with Crippen molar-refractivity contribution in [1.29, 1.82) is 0 Å². The summed E-state index contributed by atoms with van der Waals surface area (Å²) in [5, 5.41) is 10.00. The van der Waals surface area contributed by atoms with Gasteiger partial charge in [-0.3, -0.25) is 14.2 Å². The fraction of sp³-hybridized carbons (Fsp3) is 0.286. The normalized spacial score (nSPS) is 13.9. The van der Waals surface area contributed by atoms with Crippen LogP contribution in [0.3, 0.4) is 0 Å². The number of thioether (sulfide) groups is 1. The lowest BCUT2D eigenvalue weighted by Gasteiger charge is -2.18. The molecule has 0 saturated carbocycles. The fourth-order valence-electron chi connectivity index (χ4n) is 3.49. The van der Waals surface area contributed by atoms with Gasteiger partial charge in [-0.2, -0.15) is 0 Å². The van der Waals surface area contributed by atoms with Gasteiger partial charge in [-0.15, -0.1) is 0 Å². The molecule has 1 aliphatic rings. The van der Waals surface area contributed by atoms with Gasteiger partial charge in [0.25, 0.3) is 5.56 Å². The molecule has 0 spiro atoms. The van der Waals surface area contributed by atoms with Crippen molar-refractivity contribution in [2.24, 2.45) is 0 Å². The van der Waals surface area contributed by atoms with Crippen molar-refractivity contribution in [3.63, 3.8) is 0 Å². The fourth-order valence-corrected chi connectivity index (χ4v) is 4.21. The first-order valence-electron chi connectivity index (χ1n) is 9.30. The number of fused-ring (bicyclic) bond motifs is 1. The minimum Gasteiger partial charge on any atom is -0.481 e. The number of carbonyl (C=O) groups is 1. The van der Waals surface area contributed by atoms with Gasteiger partial charge < -0.3 is 10.0 Å². The molecule has 0 unspecified atom stereocenters. The molecule has 7 heteroatoms. The van der Waals surface area contributed by atoms with E-state index in [1.54, 1.807) is 16.7 Å². The molecular weight excluding hydrogens is 374 g/mol. The molecule has 0 amide bonds. The standard InChI is InChI=1S/C21H21N3O3S/c25-19(26)14-28-21-22-18-6-2-1-5-17(18)20(27)24(21)13-15-7-9-16(10-8-15)23-11-3-4-12-23/h1-2,5-10H,3-4,11-14H2,(H,25,26). The first-order valence-corrected chi connectivity index (χ1v) is 10.3. The Labute approximate surface area is 166 Å².